The summed E-state index contributed by atoms with van der Waals surface area (Å²) in [5.74, 6) is -0.0307. The molecule has 2 aromatic rings. The monoisotopic (exact) mass is 240 g/mol. The zero-order chi connectivity index (χ0) is 13.0. The molecular weight excluding hydrogens is 224 g/mol. The standard InChI is InChI=1S/C16H16O2/c1-16(18-2,14-11-7-4-8-12-14)15(17)13-9-5-3-6-10-13/h3-12H,1-2H3. The van der Waals surface area contributed by atoms with E-state index in [1.54, 1.807) is 14.0 Å². The summed E-state index contributed by atoms with van der Waals surface area (Å²) in [6, 6.07) is 18.8. The van der Waals surface area contributed by atoms with Gasteiger partial charge in [-0.2, -0.15) is 0 Å². The predicted molar refractivity (Wildman–Crippen MR) is 71.6 cm³/mol. The third kappa shape index (κ3) is 2.20. The molecule has 0 amide bonds. The van der Waals surface area contributed by atoms with Gasteiger partial charge in [-0.15, -0.1) is 0 Å². The van der Waals surface area contributed by atoms with Crippen LogP contribution in [-0.4, -0.2) is 12.9 Å². The van der Waals surface area contributed by atoms with Crippen LogP contribution in [0.4, 0.5) is 0 Å². The number of methoxy groups -OCH3 is 1. The van der Waals surface area contributed by atoms with Crippen LogP contribution in [0.25, 0.3) is 0 Å². The van der Waals surface area contributed by atoms with Gasteiger partial charge in [0.15, 0.2) is 11.4 Å². The Kier molecular flexibility index (Phi) is 3.58. The lowest BCUT2D eigenvalue weighted by atomic mass is 9.87. The van der Waals surface area contributed by atoms with Crippen molar-refractivity contribution < 1.29 is 9.53 Å². The Morgan fingerprint density at radius 3 is 1.94 bits per heavy atom. The molecule has 0 N–H and O–H groups in total. The first-order chi connectivity index (χ1) is 8.68. The molecule has 2 heteroatoms. The van der Waals surface area contributed by atoms with Crippen molar-refractivity contribution in [2.24, 2.45) is 0 Å². The van der Waals surface area contributed by atoms with Crippen molar-refractivity contribution >= 4 is 5.78 Å². The number of hydrogen-bond donors (Lipinski definition) is 0. The molecule has 0 saturated carbocycles. The summed E-state index contributed by atoms with van der Waals surface area (Å²) in [5, 5.41) is 0. The molecular formula is C16H16O2. The molecule has 0 bridgehead atoms. The van der Waals surface area contributed by atoms with Crippen LogP contribution in [0.5, 0.6) is 0 Å². The molecule has 0 aliphatic rings. The van der Waals surface area contributed by atoms with Crippen LogP contribution in [0.1, 0.15) is 22.8 Å². The maximum atomic E-state index is 12.6. The molecule has 1 atom stereocenters. The van der Waals surface area contributed by atoms with Gasteiger partial charge in [0.05, 0.1) is 0 Å². The van der Waals surface area contributed by atoms with Gasteiger partial charge in [-0.25, -0.2) is 0 Å². The highest BCUT2D eigenvalue weighted by atomic mass is 16.5. The second kappa shape index (κ2) is 5.15. The van der Waals surface area contributed by atoms with E-state index in [1.807, 2.05) is 60.7 Å². The zero-order valence-corrected chi connectivity index (χ0v) is 10.6. The molecule has 0 spiro atoms. The van der Waals surface area contributed by atoms with Gasteiger partial charge in [0.25, 0.3) is 0 Å². The van der Waals surface area contributed by atoms with E-state index in [0.717, 1.165) is 5.56 Å². The third-order valence-electron chi connectivity index (χ3n) is 3.20. The highest BCUT2D eigenvalue weighted by molar-refractivity contribution is 6.02. The van der Waals surface area contributed by atoms with E-state index < -0.39 is 5.60 Å². The van der Waals surface area contributed by atoms with Crippen LogP contribution in [0, 0.1) is 0 Å². The Bertz CT molecular complexity index is 519. The predicted octanol–water partition coefficient (Wildman–Crippen LogP) is 3.43. The van der Waals surface area contributed by atoms with Crippen LogP contribution in [0.15, 0.2) is 60.7 Å². The Balaban J connectivity index is 2.43. The molecule has 2 nitrogen and oxygen atoms in total. The molecule has 1 unspecified atom stereocenters. The van der Waals surface area contributed by atoms with E-state index >= 15 is 0 Å². The average Bonchev–Trinajstić information content (AvgIpc) is 2.47. The molecule has 0 saturated heterocycles. The van der Waals surface area contributed by atoms with E-state index in [0.29, 0.717) is 5.56 Å². The summed E-state index contributed by atoms with van der Waals surface area (Å²) in [4.78, 5) is 12.6. The summed E-state index contributed by atoms with van der Waals surface area (Å²) in [6.45, 7) is 1.80. The van der Waals surface area contributed by atoms with Crippen molar-refractivity contribution in [1.29, 1.82) is 0 Å². The molecule has 0 aliphatic heterocycles. The molecule has 0 radical (unpaired) electrons. The lowest BCUT2D eigenvalue weighted by molar-refractivity contribution is 0.0101. The van der Waals surface area contributed by atoms with E-state index in [9.17, 15) is 4.79 Å². The number of benzene rings is 2. The first-order valence-electron chi connectivity index (χ1n) is 5.89. The molecule has 2 aromatic carbocycles. The number of Topliss-reactive ketones (excluding diaryl/α,β-unsaturated/α-hetero) is 1. The van der Waals surface area contributed by atoms with Crippen LogP contribution >= 0.6 is 0 Å². The summed E-state index contributed by atoms with van der Waals surface area (Å²) >= 11 is 0. The largest absolute Gasteiger partial charge is 0.366 e. The van der Waals surface area contributed by atoms with Gasteiger partial charge in [0.1, 0.15) is 0 Å². The van der Waals surface area contributed by atoms with E-state index in [2.05, 4.69) is 0 Å². The van der Waals surface area contributed by atoms with Crippen molar-refractivity contribution in [3.63, 3.8) is 0 Å². The van der Waals surface area contributed by atoms with Crippen molar-refractivity contribution in [1.82, 2.24) is 0 Å². The Morgan fingerprint density at radius 2 is 1.44 bits per heavy atom. The van der Waals surface area contributed by atoms with Crippen LogP contribution in [0.3, 0.4) is 0 Å². The molecule has 0 fully saturated rings. The minimum absolute atomic E-state index is 0.0307. The minimum atomic E-state index is -0.942. The highest BCUT2D eigenvalue weighted by Gasteiger charge is 2.35. The van der Waals surface area contributed by atoms with Crippen LogP contribution in [0.2, 0.25) is 0 Å². The fraction of sp³-hybridized carbons (Fsp3) is 0.188. The lowest BCUT2D eigenvalue weighted by Crippen LogP contribution is -2.34. The van der Waals surface area contributed by atoms with Gasteiger partial charge >= 0.3 is 0 Å². The minimum Gasteiger partial charge on any atom is -0.366 e. The Labute approximate surface area is 107 Å². The maximum Gasteiger partial charge on any atom is 0.198 e. The van der Waals surface area contributed by atoms with E-state index in [1.165, 1.54) is 0 Å². The second-order valence-corrected chi connectivity index (χ2v) is 4.30. The quantitative estimate of drug-likeness (QED) is 0.765. The topological polar surface area (TPSA) is 26.3 Å². The van der Waals surface area contributed by atoms with E-state index in [4.69, 9.17) is 4.74 Å². The van der Waals surface area contributed by atoms with Crippen LogP contribution in [-0.2, 0) is 10.3 Å². The molecule has 92 valence electrons. The van der Waals surface area contributed by atoms with Crippen LogP contribution < -0.4 is 0 Å². The number of rotatable bonds is 4. The number of carbonyl (C=O) groups excluding carboxylic acids is 1. The third-order valence-corrected chi connectivity index (χ3v) is 3.20. The first-order valence-corrected chi connectivity index (χ1v) is 5.89. The number of carbonyl (C=O) groups is 1. The van der Waals surface area contributed by atoms with Gasteiger partial charge in [0, 0.05) is 12.7 Å². The molecule has 0 heterocycles. The smallest absolute Gasteiger partial charge is 0.198 e. The average molecular weight is 240 g/mol. The zero-order valence-electron chi connectivity index (χ0n) is 10.6. The number of hydrogen-bond acceptors (Lipinski definition) is 2. The summed E-state index contributed by atoms with van der Waals surface area (Å²) in [7, 11) is 1.56. The van der Waals surface area contributed by atoms with Gasteiger partial charge in [-0.1, -0.05) is 60.7 Å². The SMILES string of the molecule is COC(C)(C(=O)c1ccccc1)c1ccccc1. The fourth-order valence-electron chi connectivity index (χ4n) is 1.96. The van der Waals surface area contributed by atoms with Crippen molar-refractivity contribution in [2.75, 3.05) is 7.11 Å². The molecule has 2 rings (SSSR count). The van der Waals surface area contributed by atoms with Crippen molar-refractivity contribution in [3.05, 3.63) is 71.8 Å². The van der Waals surface area contributed by atoms with E-state index in [-0.39, 0.29) is 5.78 Å². The van der Waals surface area contributed by atoms with Gasteiger partial charge < -0.3 is 4.74 Å². The molecule has 18 heavy (non-hydrogen) atoms. The Morgan fingerprint density at radius 1 is 0.944 bits per heavy atom. The Hall–Kier alpha value is -1.93. The van der Waals surface area contributed by atoms with Gasteiger partial charge in [-0.3, -0.25) is 4.79 Å². The first kappa shape index (κ1) is 12.5. The summed E-state index contributed by atoms with van der Waals surface area (Å²) < 4.78 is 5.49. The van der Waals surface area contributed by atoms with Gasteiger partial charge in [-0.05, 0) is 12.5 Å². The van der Waals surface area contributed by atoms with Gasteiger partial charge in [0.2, 0.25) is 0 Å². The second-order valence-electron chi connectivity index (χ2n) is 4.30. The normalized spacial score (nSPS) is 13.9. The molecule has 0 aliphatic carbocycles. The molecule has 0 aromatic heterocycles. The lowest BCUT2D eigenvalue weighted by Gasteiger charge is -2.27. The number of ketones is 1. The maximum absolute atomic E-state index is 12.6. The summed E-state index contributed by atoms with van der Waals surface area (Å²) in [5.41, 5.74) is 0.579. The fourth-order valence-corrected chi connectivity index (χ4v) is 1.96. The number of ether oxygens (including phenoxy) is 1. The highest BCUT2D eigenvalue weighted by Crippen LogP contribution is 2.28. The van der Waals surface area contributed by atoms with Crippen molar-refractivity contribution in [3.8, 4) is 0 Å². The summed E-state index contributed by atoms with van der Waals surface area (Å²) in [6.07, 6.45) is 0. The van der Waals surface area contributed by atoms with Crippen molar-refractivity contribution in [2.45, 2.75) is 12.5 Å².